The van der Waals surface area contributed by atoms with Crippen LogP contribution in [0, 0.1) is 5.92 Å². The number of carbonyl (C=O) groups is 1. The molecular formula is C16H21NO4S. The maximum atomic E-state index is 12.1. The van der Waals surface area contributed by atoms with Gasteiger partial charge in [0.1, 0.15) is 12.4 Å². The molecule has 0 fully saturated rings. The van der Waals surface area contributed by atoms with E-state index in [1.165, 1.54) is 17.2 Å². The average Bonchev–Trinajstić information content (AvgIpc) is 2.43. The average molecular weight is 323 g/mol. The number of rotatable bonds is 4. The van der Waals surface area contributed by atoms with Crippen LogP contribution in [0.2, 0.25) is 0 Å². The largest absolute Gasteiger partial charge is 0.490 e. The van der Waals surface area contributed by atoms with Crippen LogP contribution in [0.1, 0.15) is 19.4 Å². The summed E-state index contributed by atoms with van der Waals surface area (Å²) in [5.41, 5.74) is 1.22. The third kappa shape index (κ3) is 3.32. The third-order valence-corrected chi connectivity index (χ3v) is 4.65. The standard InChI is InChI=1S/C16H21NO4S/c1-5-16(18)17-6-7-21-14-9-12(8-11(2)3)15(10-13(14)17)22(4,19)20/h5,9-11H,1,6-8H2,2-4H3. The van der Waals surface area contributed by atoms with E-state index in [0.717, 1.165) is 5.56 Å². The Labute approximate surface area is 131 Å². The zero-order valence-corrected chi connectivity index (χ0v) is 13.9. The second-order valence-electron chi connectivity index (χ2n) is 5.84. The molecule has 5 nitrogen and oxygen atoms in total. The van der Waals surface area contributed by atoms with Gasteiger partial charge in [0.15, 0.2) is 9.84 Å². The van der Waals surface area contributed by atoms with Crippen molar-refractivity contribution >= 4 is 21.4 Å². The number of amides is 1. The van der Waals surface area contributed by atoms with Gasteiger partial charge in [0.05, 0.1) is 17.1 Å². The molecule has 1 aromatic carbocycles. The fourth-order valence-electron chi connectivity index (χ4n) is 2.57. The van der Waals surface area contributed by atoms with Crippen LogP contribution in [0.25, 0.3) is 0 Å². The smallest absolute Gasteiger partial charge is 0.250 e. The summed E-state index contributed by atoms with van der Waals surface area (Å²) < 4.78 is 29.8. The Hall–Kier alpha value is -1.82. The number of hydrogen-bond acceptors (Lipinski definition) is 4. The van der Waals surface area contributed by atoms with E-state index in [-0.39, 0.29) is 10.8 Å². The van der Waals surface area contributed by atoms with E-state index in [2.05, 4.69) is 6.58 Å². The van der Waals surface area contributed by atoms with Crippen LogP contribution in [-0.4, -0.2) is 33.7 Å². The molecule has 22 heavy (non-hydrogen) atoms. The molecule has 1 amide bonds. The SMILES string of the molecule is C=CC(=O)N1CCOc2cc(CC(C)C)c(S(C)(=O)=O)cc21. The third-order valence-electron chi connectivity index (χ3n) is 3.47. The topological polar surface area (TPSA) is 63.7 Å². The van der Waals surface area contributed by atoms with Gasteiger partial charge in [-0.2, -0.15) is 0 Å². The molecule has 1 aliphatic rings. The molecule has 0 unspecified atom stereocenters. The summed E-state index contributed by atoms with van der Waals surface area (Å²) in [6.45, 7) is 8.30. The van der Waals surface area contributed by atoms with Gasteiger partial charge in [-0.3, -0.25) is 4.79 Å². The molecule has 1 aliphatic heterocycles. The lowest BCUT2D eigenvalue weighted by Gasteiger charge is -2.30. The Kier molecular flexibility index (Phi) is 4.60. The molecule has 0 spiro atoms. The number of carbonyl (C=O) groups excluding carboxylic acids is 1. The van der Waals surface area contributed by atoms with E-state index < -0.39 is 9.84 Å². The van der Waals surface area contributed by atoms with Crippen molar-refractivity contribution in [2.75, 3.05) is 24.3 Å². The molecule has 0 aromatic heterocycles. The van der Waals surface area contributed by atoms with E-state index in [1.807, 2.05) is 13.8 Å². The Morgan fingerprint density at radius 2 is 2.14 bits per heavy atom. The van der Waals surface area contributed by atoms with Crippen molar-refractivity contribution in [1.82, 2.24) is 0 Å². The van der Waals surface area contributed by atoms with E-state index >= 15 is 0 Å². The van der Waals surface area contributed by atoms with E-state index in [0.29, 0.717) is 36.9 Å². The number of ether oxygens (including phenoxy) is 1. The molecule has 0 saturated heterocycles. The summed E-state index contributed by atoms with van der Waals surface area (Å²) in [6, 6.07) is 3.29. The zero-order chi connectivity index (χ0) is 16.5. The van der Waals surface area contributed by atoms with Crippen molar-refractivity contribution in [2.45, 2.75) is 25.2 Å². The van der Waals surface area contributed by atoms with Crippen LogP contribution in [0.4, 0.5) is 5.69 Å². The summed E-state index contributed by atoms with van der Waals surface area (Å²) in [7, 11) is -3.39. The molecular weight excluding hydrogens is 302 g/mol. The minimum Gasteiger partial charge on any atom is -0.490 e. The highest BCUT2D eigenvalue weighted by Gasteiger charge is 2.26. The van der Waals surface area contributed by atoms with Crippen molar-refractivity contribution < 1.29 is 17.9 Å². The summed E-state index contributed by atoms with van der Waals surface area (Å²) in [5, 5.41) is 0. The minimum atomic E-state index is -3.39. The number of nitrogens with zero attached hydrogens (tertiary/aromatic N) is 1. The predicted molar refractivity (Wildman–Crippen MR) is 86.1 cm³/mol. The van der Waals surface area contributed by atoms with Crippen LogP contribution in [0.5, 0.6) is 5.75 Å². The van der Waals surface area contributed by atoms with Gasteiger partial charge in [-0.1, -0.05) is 20.4 Å². The maximum Gasteiger partial charge on any atom is 0.250 e. The molecule has 0 atom stereocenters. The molecule has 1 heterocycles. The molecule has 0 bridgehead atoms. The lowest BCUT2D eigenvalue weighted by Crippen LogP contribution is -2.37. The highest BCUT2D eigenvalue weighted by Crippen LogP contribution is 2.37. The minimum absolute atomic E-state index is 0.257. The number of benzene rings is 1. The number of anilines is 1. The molecule has 0 radical (unpaired) electrons. The van der Waals surface area contributed by atoms with Gasteiger partial charge in [-0.05, 0) is 36.1 Å². The van der Waals surface area contributed by atoms with Crippen molar-refractivity contribution in [3.63, 3.8) is 0 Å². The first-order chi connectivity index (χ1) is 10.2. The van der Waals surface area contributed by atoms with Gasteiger partial charge in [0.2, 0.25) is 0 Å². The monoisotopic (exact) mass is 323 g/mol. The first kappa shape index (κ1) is 16.5. The zero-order valence-electron chi connectivity index (χ0n) is 13.1. The van der Waals surface area contributed by atoms with Gasteiger partial charge < -0.3 is 9.64 Å². The molecule has 1 aromatic rings. The summed E-state index contributed by atoms with van der Waals surface area (Å²) in [4.78, 5) is 13.7. The van der Waals surface area contributed by atoms with Crippen LogP contribution in [0.15, 0.2) is 29.7 Å². The number of fused-ring (bicyclic) bond motifs is 1. The van der Waals surface area contributed by atoms with Gasteiger partial charge in [-0.25, -0.2) is 8.42 Å². The summed E-state index contributed by atoms with van der Waals surface area (Å²) in [6.07, 6.45) is 3.04. The highest BCUT2D eigenvalue weighted by atomic mass is 32.2. The van der Waals surface area contributed by atoms with Crippen molar-refractivity contribution in [1.29, 1.82) is 0 Å². The molecule has 2 rings (SSSR count). The lowest BCUT2D eigenvalue weighted by molar-refractivity contribution is -0.114. The first-order valence-electron chi connectivity index (χ1n) is 7.17. The van der Waals surface area contributed by atoms with Crippen LogP contribution in [0.3, 0.4) is 0 Å². The highest BCUT2D eigenvalue weighted by molar-refractivity contribution is 7.90. The van der Waals surface area contributed by atoms with Crippen molar-refractivity contribution in [3.8, 4) is 5.75 Å². The number of sulfone groups is 1. The van der Waals surface area contributed by atoms with Gasteiger partial charge >= 0.3 is 0 Å². The summed E-state index contributed by atoms with van der Waals surface area (Å²) in [5.74, 6) is 0.596. The van der Waals surface area contributed by atoms with Gasteiger partial charge in [-0.15, -0.1) is 0 Å². The van der Waals surface area contributed by atoms with Crippen LogP contribution < -0.4 is 9.64 Å². The first-order valence-corrected chi connectivity index (χ1v) is 9.07. The Balaban J connectivity index is 2.63. The van der Waals surface area contributed by atoms with Crippen LogP contribution in [-0.2, 0) is 21.1 Å². The fraction of sp³-hybridized carbons (Fsp3) is 0.438. The van der Waals surface area contributed by atoms with E-state index in [4.69, 9.17) is 4.74 Å². The lowest BCUT2D eigenvalue weighted by atomic mass is 10.0. The summed E-state index contributed by atoms with van der Waals surface area (Å²) >= 11 is 0. The number of hydrogen-bond donors (Lipinski definition) is 0. The molecule has 120 valence electrons. The van der Waals surface area contributed by atoms with Gasteiger partial charge in [0, 0.05) is 6.26 Å². The molecule has 0 N–H and O–H groups in total. The second kappa shape index (κ2) is 6.12. The molecule has 0 aliphatic carbocycles. The van der Waals surface area contributed by atoms with E-state index in [9.17, 15) is 13.2 Å². The Morgan fingerprint density at radius 3 is 2.68 bits per heavy atom. The predicted octanol–water partition coefficient (Wildman–Crippen LogP) is 2.20. The van der Waals surface area contributed by atoms with Crippen LogP contribution >= 0.6 is 0 Å². The maximum absolute atomic E-state index is 12.1. The normalized spacial score (nSPS) is 14.5. The fourth-order valence-corrected chi connectivity index (χ4v) is 3.51. The molecule has 0 saturated carbocycles. The Morgan fingerprint density at radius 1 is 1.45 bits per heavy atom. The molecule has 6 heteroatoms. The quantitative estimate of drug-likeness (QED) is 0.797. The Bertz CT molecular complexity index is 707. The van der Waals surface area contributed by atoms with Crippen molar-refractivity contribution in [3.05, 3.63) is 30.4 Å². The van der Waals surface area contributed by atoms with E-state index in [1.54, 1.807) is 12.1 Å². The second-order valence-corrected chi connectivity index (χ2v) is 7.82. The van der Waals surface area contributed by atoms with Gasteiger partial charge in [0.25, 0.3) is 5.91 Å². The van der Waals surface area contributed by atoms with Crippen molar-refractivity contribution in [2.24, 2.45) is 5.92 Å².